The molecule has 3 N–H and O–H groups in total. The van der Waals surface area contributed by atoms with Gasteiger partial charge in [-0.1, -0.05) is 0 Å². The number of fused-ring (bicyclic) bond motifs is 1. The number of halogens is 1. The number of rotatable bonds is 5. The molecule has 1 aromatic heterocycles. The molecule has 1 heterocycles. The van der Waals surface area contributed by atoms with Crippen LogP contribution in [0.3, 0.4) is 0 Å². The van der Waals surface area contributed by atoms with Crippen LogP contribution in [0.1, 0.15) is 43.6 Å². The van der Waals surface area contributed by atoms with E-state index in [1.54, 1.807) is 0 Å². The molecule has 26 heavy (non-hydrogen) atoms. The van der Waals surface area contributed by atoms with Crippen LogP contribution in [-0.2, 0) is 26.4 Å². The first kappa shape index (κ1) is 20.5. The fourth-order valence-corrected chi connectivity index (χ4v) is 3.18. The number of ether oxygens (including phenoxy) is 1. The quantitative estimate of drug-likeness (QED) is 0.399. The van der Waals surface area contributed by atoms with E-state index in [4.69, 9.17) is 10.5 Å². The molecule has 142 valence electrons. The number of hydrogen-bond acceptors (Lipinski definition) is 3. The third kappa shape index (κ3) is 5.12. The van der Waals surface area contributed by atoms with Crippen LogP contribution >= 0.6 is 24.0 Å². The number of guanidine groups is 1. The topological polar surface area (TPSA) is 77.5 Å². The minimum Gasteiger partial charge on any atom is -0.491 e. The Morgan fingerprint density at radius 1 is 1.27 bits per heavy atom. The van der Waals surface area contributed by atoms with Crippen LogP contribution in [0, 0.1) is 0 Å². The van der Waals surface area contributed by atoms with E-state index in [0.717, 1.165) is 24.3 Å². The number of aryl methyl sites for hydroxylation is 2. The van der Waals surface area contributed by atoms with E-state index in [2.05, 4.69) is 15.4 Å². The Morgan fingerprint density at radius 2 is 1.96 bits per heavy atom. The Balaban J connectivity index is 0.00000243. The zero-order valence-electron chi connectivity index (χ0n) is 15.7. The van der Waals surface area contributed by atoms with Crippen molar-refractivity contribution in [3.63, 3.8) is 0 Å². The zero-order chi connectivity index (χ0) is 17.8. The standard InChI is InChI=1S/C19H27N5O.HI/c1-13(2)25-15-10-8-14(9-11-15)22-19(20)21-12-18-16-6-4-5-7-17(16)23-24(18)3;/h8-11,13H,4-7,12H2,1-3H3,(H3,20,21,22);1H. The maximum absolute atomic E-state index is 6.05. The van der Waals surface area contributed by atoms with Crippen molar-refractivity contribution in [1.29, 1.82) is 0 Å². The monoisotopic (exact) mass is 469 g/mol. The van der Waals surface area contributed by atoms with Gasteiger partial charge in [0.25, 0.3) is 0 Å². The Labute approximate surface area is 172 Å². The first-order chi connectivity index (χ1) is 12.0. The van der Waals surface area contributed by atoms with Crippen LogP contribution < -0.4 is 15.8 Å². The first-order valence-corrected chi connectivity index (χ1v) is 8.90. The minimum absolute atomic E-state index is 0. The van der Waals surface area contributed by atoms with Gasteiger partial charge in [-0.15, -0.1) is 24.0 Å². The highest BCUT2D eigenvalue weighted by molar-refractivity contribution is 14.0. The van der Waals surface area contributed by atoms with Gasteiger partial charge < -0.3 is 15.8 Å². The summed E-state index contributed by atoms with van der Waals surface area (Å²) in [6, 6.07) is 7.72. The molecule has 2 aromatic rings. The van der Waals surface area contributed by atoms with Gasteiger partial charge in [-0.3, -0.25) is 4.68 Å². The normalized spacial score (nSPS) is 13.9. The molecule has 0 atom stereocenters. The van der Waals surface area contributed by atoms with Gasteiger partial charge in [0.1, 0.15) is 5.75 Å². The fourth-order valence-electron chi connectivity index (χ4n) is 3.18. The van der Waals surface area contributed by atoms with Crippen LogP contribution in [-0.4, -0.2) is 21.8 Å². The molecule has 0 bridgehead atoms. The Bertz CT molecular complexity index is 752. The maximum atomic E-state index is 6.05. The van der Waals surface area contributed by atoms with Gasteiger partial charge in [-0.25, -0.2) is 4.99 Å². The summed E-state index contributed by atoms with van der Waals surface area (Å²) < 4.78 is 7.59. The maximum Gasteiger partial charge on any atom is 0.193 e. The van der Waals surface area contributed by atoms with E-state index in [-0.39, 0.29) is 30.1 Å². The summed E-state index contributed by atoms with van der Waals surface area (Å²) in [5.74, 6) is 1.25. The fraction of sp³-hybridized carbons (Fsp3) is 0.474. The second-order valence-corrected chi connectivity index (χ2v) is 6.72. The molecule has 0 saturated heterocycles. The van der Waals surface area contributed by atoms with Crippen molar-refractivity contribution in [2.24, 2.45) is 17.8 Å². The lowest BCUT2D eigenvalue weighted by atomic mass is 9.96. The van der Waals surface area contributed by atoms with Gasteiger partial charge in [-0.2, -0.15) is 5.10 Å². The third-order valence-electron chi connectivity index (χ3n) is 4.35. The largest absolute Gasteiger partial charge is 0.491 e. The molecule has 1 aliphatic carbocycles. The molecular formula is C19H28IN5O. The van der Waals surface area contributed by atoms with Crippen molar-refractivity contribution in [2.45, 2.75) is 52.2 Å². The van der Waals surface area contributed by atoms with Crippen LogP contribution in [0.5, 0.6) is 5.75 Å². The summed E-state index contributed by atoms with van der Waals surface area (Å²) in [5.41, 5.74) is 10.7. The molecule has 0 aliphatic heterocycles. The number of hydrogen-bond donors (Lipinski definition) is 2. The highest BCUT2D eigenvalue weighted by atomic mass is 127. The average Bonchev–Trinajstić information content (AvgIpc) is 2.89. The molecule has 0 fully saturated rings. The van der Waals surface area contributed by atoms with Crippen LogP contribution in [0.25, 0.3) is 0 Å². The molecule has 0 radical (unpaired) electrons. The number of nitrogens with zero attached hydrogens (tertiary/aromatic N) is 3. The van der Waals surface area contributed by atoms with Crippen molar-refractivity contribution in [1.82, 2.24) is 9.78 Å². The predicted molar refractivity (Wildman–Crippen MR) is 116 cm³/mol. The van der Waals surface area contributed by atoms with Gasteiger partial charge in [0.05, 0.1) is 24.0 Å². The van der Waals surface area contributed by atoms with Crippen LogP contribution in [0.4, 0.5) is 5.69 Å². The van der Waals surface area contributed by atoms with Crippen molar-refractivity contribution < 1.29 is 4.74 Å². The summed E-state index contributed by atoms with van der Waals surface area (Å²) >= 11 is 0. The van der Waals surface area contributed by atoms with E-state index >= 15 is 0 Å². The summed E-state index contributed by atoms with van der Waals surface area (Å²) in [6.07, 6.45) is 4.79. The minimum atomic E-state index is 0. The van der Waals surface area contributed by atoms with Gasteiger partial charge in [0.2, 0.25) is 0 Å². The van der Waals surface area contributed by atoms with Gasteiger partial charge in [-0.05, 0) is 69.4 Å². The van der Waals surface area contributed by atoms with Crippen molar-refractivity contribution >= 4 is 35.6 Å². The number of aromatic nitrogens is 2. The number of benzene rings is 1. The first-order valence-electron chi connectivity index (χ1n) is 8.90. The molecule has 0 amide bonds. The molecule has 0 spiro atoms. The van der Waals surface area contributed by atoms with Crippen LogP contribution in [0.2, 0.25) is 0 Å². The highest BCUT2D eigenvalue weighted by Gasteiger charge is 2.18. The third-order valence-corrected chi connectivity index (χ3v) is 4.35. The van der Waals surface area contributed by atoms with Crippen molar-refractivity contribution in [3.05, 3.63) is 41.2 Å². The summed E-state index contributed by atoms with van der Waals surface area (Å²) in [7, 11) is 1.99. The van der Waals surface area contributed by atoms with E-state index in [0.29, 0.717) is 12.5 Å². The lowest BCUT2D eigenvalue weighted by Gasteiger charge is -2.12. The lowest BCUT2D eigenvalue weighted by molar-refractivity contribution is 0.242. The summed E-state index contributed by atoms with van der Waals surface area (Å²) in [4.78, 5) is 4.49. The van der Waals surface area contributed by atoms with E-state index in [1.807, 2.05) is 49.8 Å². The number of nitrogens with one attached hydrogen (secondary N) is 1. The second kappa shape index (κ2) is 9.25. The molecular weight excluding hydrogens is 441 g/mol. The van der Waals surface area contributed by atoms with Gasteiger partial charge in [0, 0.05) is 12.7 Å². The van der Waals surface area contributed by atoms with E-state index < -0.39 is 0 Å². The number of anilines is 1. The van der Waals surface area contributed by atoms with E-state index in [1.165, 1.54) is 29.8 Å². The number of nitrogens with two attached hydrogens (primary N) is 1. The molecule has 0 saturated carbocycles. The summed E-state index contributed by atoms with van der Waals surface area (Å²) in [6.45, 7) is 4.56. The van der Waals surface area contributed by atoms with Crippen LogP contribution in [0.15, 0.2) is 29.3 Å². The molecule has 7 heteroatoms. The lowest BCUT2D eigenvalue weighted by Crippen LogP contribution is -2.22. The Hall–Kier alpha value is -1.77. The second-order valence-electron chi connectivity index (χ2n) is 6.72. The Morgan fingerprint density at radius 3 is 2.65 bits per heavy atom. The van der Waals surface area contributed by atoms with Crippen molar-refractivity contribution in [2.75, 3.05) is 5.32 Å². The molecule has 6 nitrogen and oxygen atoms in total. The molecule has 1 aromatic carbocycles. The van der Waals surface area contributed by atoms with E-state index in [9.17, 15) is 0 Å². The SMILES string of the molecule is CC(C)Oc1ccc(NC(N)=NCc2c3c(nn2C)CCCC3)cc1.I. The van der Waals surface area contributed by atoms with Crippen molar-refractivity contribution in [3.8, 4) is 5.75 Å². The highest BCUT2D eigenvalue weighted by Crippen LogP contribution is 2.24. The molecule has 1 aliphatic rings. The molecule has 3 rings (SSSR count). The average molecular weight is 469 g/mol. The Kier molecular flexibility index (Phi) is 7.31. The summed E-state index contributed by atoms with van der Waals surface area (Å²) in [5, 5.41) is 7.75. The molecule has 0 unspecified atom stereocenters. The number of aliphatic imine (C=N–C) groups is 1. The van der Waals surface area contributed by atoms with Gasteiger partial charge in [0.15, 0.2) is 5.96 Å². The zero-order valence-corrected chi connectivity index (χ0v) is 18.0. The smallest absolute Gasteiger partial charge is 0.193 e. The van der Waals surface area contributed by atoms with Gasteiger partial charge >= 0.3 is 0 Å². The predicted octanol–water partition coefficient (Wildman–Crippen LogP) is 3.63.